The van der Waals surface area contributed by atoms with Gasteiger partial charge in [0, 0.05) is 25.0 Å². The van der Waals surface area contributed by atoms with Gasteiger partial charge in [-0.05, 0) is 48.9 Å². The summed E-state index contributed by atoms with van der Waals surface area (Å²) in [6.07, 6.45) is 0. The van der Waals surface area contributed by atoms with Gasteiger partial charge in [0.2, 0.25) is 10.0 Å². The predicted molar refractivity (Wildman–Crippen MR) is 112 cm³/mol. The zero-order chi connectivity index (χ0) is 21.2. The Morgan fingerprint density at radius 2 is 1.72 bits per heavy atom. The van der Waals surface area contributed by atoms with E-state index in [4.69, 9.17) is 0 Å². The molecule has 0 fully saturated rings. The first kappa shape index (κ1) is 21.0. The number of carbonyl (C=O) groups excluding carboxylic acids is 1. The van der Waals surface area contributed by atoms with Crippen molar-refractivity contribution in [1.29, 1.82) is 0 Å². The van der Waals surface area contributed by atoms with Crippen LogP contribution in [0.5, 0.6) is 5.75 Å². The van der Waals surface area contributed by atoms with Crippen LogP contribution in [0, 0.1) is 0 Å². The van der Waals surface area contributed by atoms with Crippen molar-refractivity contribution in [3.05, 3.63) is 65.2 Å². The Morgan fingerprint density at radius 1 is 1.10 bits per heavy atom. The van der Waals surface area contributed by atoms with Crippen LogP contribution in [-0.4, -0.2) is 42.8 Å². The number of benzene rings is 2. The van der Waals surface area contributed by atoms with E-state index in [1.165, 1.54) is 37.6 Å². The second-order valence-electron chi connectivity index (χ2n) is 6.64. The Labute approximate surface area is 173 Å². The van der Waals surface area contributed by atoms with E-state index in [1.807, 2.05) is 6.92 Å². The molecule has 2 N–H and O–H groups in total. The molecule has 0 unspecified atom stereocenters. The molecule has 0 spiro atoms. The summed E-state index contributed by atoms with van der Waals surface area (Å²) in [4.78, 5) is 17.1. The van der Waals surface area contributed by atoms with Gasteiger partial charge in [0.15, 0.2) is 0 Å². The van der Waals surface area contributed by atoms with Crippen LogP contribution in [0.4, 0.5) is 0 Å². The van der Waals surface area contributed by atoms with E-state index in [9.17, 15) is 18.3 Å². The molecule has 0 aliphatic carbocycles. The third kappa shape index (κ3) is 4.64. The third-order valence-corrected chi connectivity index (χ3v) is 7.08. The molecular formula is C20H21N3O4S2. The summed E-state index contributed by atoms with van der Waals surface area (Å²) < 4.78 is 25.5. The number of sulfonamides is 1. The van der Waals surface area contributed by atoms with Crippen molar-refractivity contribution >= 4 is 27.3 Å². The monoisotopic (exact) mass is 431 g/mol. The third-order valence-electron chi connectivity index (χ3n) is 4.36. The molecule has 0 radical (unpaired) electrons. The molecule has 1 amide bonds. The van der Waals surface area contributed by atoms with Gasteiger partial charge in [0.05, 0.1) is 10.9 Å². The zero-order valence-corrected chi connectivity index (χ0v) is 17.8. The Hall–Kier alpha value is -2.75. The lowest BCUT2D eigenvalue weighted by Gasteiger charge is -2.15. The molecule has 7 nitrogen and oxygen atoms in total. The summed E-state index contributed by atoms with van der Waals surface area (Å²) in [7, 11) is -0.533. The fourth-order valence-electron chi connectivity index (χ4n) is 2.61. The highest BCUT2D eigenvalue weighted by Gasteiger charge is 2.19. The number of aromatic nitrogens is 1. The molecule has 0 bridgehead atoms. The van der Waals surface area contributed by atoms with Crippen LogP contribution in [0.1, 0.15) is 29.0 Å². The largest absolute Gasteiger partial charge is 0.508 e. The van der Waals surface area contributed by atoms with Gasteiger partial charge in [-0.25, -0.2) is 17.7 Å². The highest BCUT2D eigenvalue weighted by Crippen LogP contribution is 2.26. The standard InChI is InChI=1S/C20H21N3O4S2/c1-13(14-6-10-17(11-7-14)29(26,27)23(2)3)21-19(25)18-12-28-20(22-18)15-4-8-16(24)9-5-15/h4-13,24H,1-3H3,(H,21,25)/t13-/m0/s1. The van der Waals surface area contributed by atoms with Gasteiger partial charge in [-0.3, -0.25) is 4.79 Å². The SMILES string of the molecule is C[C@H](NC(=O)c1csc(-c2ccc(O)cc2)n1)c1ccc(S(=O)(=O)N(C)C)cc1. The Kier molecular flexibility index (Phi) is 6.02. The van der Waals surface area contributed by atoms with E-state index in [1.54, 1.807) is 41.8 Å². The van der Waals surface area contributed by atoms with Gasteiger partial charge < -0.3 is 10.4 Å². The van der Waals surface area contributed by atoms with E-state index < -0.39 is 10.0 Å². The lowest BCUT2D eigenvalue weighted by molar-refractivity contribution is 0.0935. The maximum atomic E-state index is 12.5. The molecule has 0 aliphatic rings. The number of thiazole rings is 1. The van der Waals surface area contributed by atoms with Crippen molar-refractivity contribution in [2.24, 2.45) is 0 Å². The average molecular weight is 432 g/mol. The number of amides is 1. The van der Waals surface area contributed by atoms with Crippen LogP contribution in [0.2, 0.25) is 0 Å². The summed E-state index contributed by atoms with van der Waals surface area (Å²) >= 11 is 1.34. The van der Waals surface area contributed by atoms with Gasteiger partial charge in [0.1, 0.15) is 16.5 Å². The molecule has 1 aromatic heterocycles. The molecule has 0 aliphatic heterocycles. The quantitative estimate of drug-likeness (QED) is 0.624. The Bertz CT molecular complexity index is 1110. The second kappa shape index (κ2) is 8.32. The number of phenols is 1. The highest BCUT2D eigenvalue weighted by molar-refractivity contribution is 7.89. The fourth-order valence-corrected chi connectivity index (χ4v) is 4.32. The smallest absolute Gasteiger partial charge is 0.271 e. The van der Waals surface area contributed by atoms with Crippen LogP contribution < -0.4 is 5.32 Å². The van der Waals surface area contributed by atoms with E-state index in [0.29, 0.717) is 10.7 Å². The van der Waals surface area contributed by atoms with E-state index in [-0.39, 0.29) is 22.6 Å². The molecular weight excluding hydrogens is 410 g/mol. The van der Waals surface area contributed by atoms with Crippen LogP contribution in [0.25, 0.3) is 10.6 Å². The summed E-state index contributed by atoms with van der Waals surface area (Å²) in [5.74, 6) is -0.148. The number of carbonyl (C=O) groups is 1. The minimum atomic E-state index is -3.49. The van der Waals surface area contributed by atoms with Crippen molar-refractivity contribution in [1.82, 2.24) is 14.6 Å². The summed E-state index contributed by atoms with van der Waals surface area (Å²) in [5, 5.41) is 14.6. The molecule has 29 heavy (non-hydrogen) atoms. The second-order valence-corrected chi connectivity index (χ2v) is 9.65. The predicted octanol–water partition coefficient (Wildman–Crippen LogP) is 3.26. The van der Waals surface area contributed by atoms with Crippen molar-refractivity contribution in [3.8, 4) is 16.3 Å². The Balaban J connectivity index is 1.70. The number of nitrogens with zero attached hydrogens (tertiary/aromatic N) is 2. The number of hydrogen-bond donors (Lipinski definition) is 2. The molecule has 1 heterocycles. The van der Waals surface area contributed by atoms with Gasteiger partial charge in [-0.2, -0.15) is 0 Å². The maximum Gasteiger partial charge on any atom is 0.271 e. The molecule has 3 aromatic rings. The zero-order valence-electron chi connectivity index (χ0n) is 16.2. The summed E-state index contributed by atoms with van der Waals surface area (Å²) in [6.45, 7) is 1.82. The first-order chi connectivity index (χ1) is 13.7. The van der Waals surface area contributed by atoms with E-state index >= 15 is 0 Å². The van der Waals surface area contributed by atoms with Crippen molar-refractivity contribution in [2.75, 3.05) is 14.1 Å². The number of nitrogens with one attached hydrogen (secondary N) is 1. The van der Waals surface area contributed by atoms with E-state index in [2.05, 4.69) is 10.3 Å². The lowest BCUT2D eigenvalue weighted by Crippen LogP contribution is -2.27. The highest BCUT2D eigenvalue weighted by atomic mass is 32.2. The van der Waals surface area contributed by atoms with Crippen LogP contribution in [0.15, 0.2) is 58.8 Å². The maximum absolute atomic E-state index is 12.5. The van der Waals surface area contributed by atoms with Gasteiger partial charge in [-0.15, -0.1) is 11.3 Å². The van der Waals surface area contributed by atoms with Crippen LogP contribution in [0.3, 0.4) is 0 Å². The molecule has 1 atom stereocenters. The van der Waals surface area contributed by atoms with Crippen molar-refractivity contribution in [3.63, 3.8) is 0 Å². The molecule has 0 saturated carbocycles. The summed E-state index contributed by atoms with van der Waals surface area (Å²) in [6, 6.07) is 12.7. The van der Waals surface area contributed by atoms with Crippen molar-refractivity contribution < 1.29 is 18.3 Å². The normalized spacial score (nSPS) is 12.7. The van der Waals surface area contributed by atoms with Crippen LogP contribution >= 0.6 is 11.3 Å². The first-order valence-corrected chi connectivity index (χ1v) is 11.1. The molecule has 0 saturated heterocycles. The van der Waals surface area contributed by atoms with Gasteiger partial charge >= 0.3 is 0 Å². The van der Waals surface area contributed by atoms with Gasteiger partial charge in [0.25, 0.3) is 5.91 Å². The minimum Gasteiger partial charge on any atom is -0.508 e. The molecule has 152 valence electrons. The summed E-state index contributed by atoms with van der Waals surface area (Å²) in [5.41, 5.74) is 1.90. The topological polar surface area (TPSA) is 99.6 Å². The minimum absolute atomic E-state index is 0.168. The molecule has 9 heteroatoms. The lowest BCUT2D eigenvalue weighted by atomic mass is 10.1. The number of phenolic OH excluding ortho intramolecular Hbond substituents is 1. The molecule has 3 rings (SSSR count). The number of rotatable bonds is 6. The number of hydrogen-bond acceptors (Lipinski definition) is 6. The fraction of sp³-hybridized carbons (Fsp3) is 0.200. The van der Waals surface area contributed by atoms with Crippen LogP contribution in [-0.2, 0) is 10.0 Å². The van der Waals surface area contributed by atoms with Crippen molar-refractivity contribution in [2.45, 2.75) is 17.9 Å². The molecule has 2 aromatic carbocycles. The number of aromatic hydroxyl groups is 1. The Morgan fingerprint density at radius 3 is 2.31 bits per heavy atom. The van der Waals surface area contributed by atoms with Gasteiger partial charge in [-0.1, -0.05) is 12.1 Å². The first-order valence-electron chi connectivity index (χ1n) is 8.77. The van der Waals surface area contributed by atoms with E-state index in [0.717, 1.165) is 15.4 Å². The average Bonchev–Trinajstić information content (AvgIpc) is 3.19.